The number of rotatable bonds is 4. The lowest BCUT2D eigenvalue weighted by molar-refractivity contribution is 0.0955. The first-order valence-corrected chi connectivity index (χ1v) is 10.2. The lowest BCUT2D eigenvalue weighted by Gasteiger charge is -2.16. The van der Waals surface area contributed by atoms with Crippen LogP contribution in [0.25, 0.3) is 10.4 Å². The summed E-state index contributed by atoms with van der Waals surface area (Å²) in [5.74, 6) is -0.277. The molecule has 0 bridgehead atoms. The first-order valence-electron chi connectivity index (χ1n) is 7.36. The van der Waals surface area contributed by atoms with Gasteiger partial charge in [0.15, 0.2) is 9.84 Å². The Balaban J connectivity index is 1.94. The number of nitrogens with one attached hydrogen (secondary N) is 1. The number of fused-ring (bicyclic) bond motifs is 3. The summed E-state index contributed by atoms with van der Waals surface area (Å²) >= 11 is 7.26. The molecule has 24 heavy (non-hydrogen) atoms. The van der Waals surface area contributed by atoms with Gasteiger partial charge in [0.05, 0.1) is 15.5 Å². The monoisotopic (exact) mass is 384 g/mol. The second-order valence-electron chi connectivity index (χ2n) is 5.92. The molecule has 0 saturated heterocycles. The smallest absolute Gasteiger partial charge is 0.261 e. The number of nitrogens with zero attached hydrogens (tertiary/aromatic N) is 1. The normalized spacial score (nSPS) is 15.0. The Morgan fingerprint density at radius 2 is 2.08 bits per heavy atom. The van der Waals surface area contributed by atoms with Crippen LogP contribution in [0, 0.1) is 0 Å². The van der Waals surface area contributed by atoms with Crippen molar-refractivity contribution in [2.75, 3.05) is 27.2 Å². The number of benzene rings is 1. The Morgan fingerprint density at radius 1 is 1.33 bits per heavy atom. The number of halogens is 1. The maximum atomic E-state index is 12.5. The van der Waals surface area contributed by atoms with Crippen LogP contribution in [0.4, 0.5) is 0 Å². The van der Waals surface area contributed by atoms with Gasteiger partial charge in [-0.3, -0.25) is 4.79 Å². The number of sulfone groups is 1. The van der Waals surface area contributed by atoms with Crippen molar-refractivity contribution < 1.29 is 13.2 Å². The van der Waals surface area contributed by atoms with E-state index in [1.165, 1.54) is 17.4 Å². The maximum Gasteiger partial charge on any atom is 0.261 e. The van der Waals surface area contributed by atoms with Crippen molar-refractivity contribution in [3.05, 3.63) is 39.7 Å². The first-order chi connectivity index (χ1) is 11.3. The molecule has 1 aliphatic rings. The van der Waals surface area contributed by atoms with Gasteiger partial charge in [-0.1, -0.05) is 17.7 Å². The summed E-state index contributed by atoms with van der Waals surface area (Å²) in [6.07, 6.45) is 0. The van der Waals surface area contributed by atoms with Gasteiger partial charge in [0.25, 0.3) is 5.91 Å². The van der Waals surface area contributed by atoms with Gasteiger partial charge in [-0.25, -0.2) is 8.42 Å². The third-order valence-electron chi connectivity index (χ3n) is 3.75. The molecule has 1 amide bonds. The molecule has 8 heteroatoms. The summed E-state index contributed by atoms with van der Waals surface area (Å²) in [6.45, 7) is 1.28. The van der Waals surface area contributed by atoms with E-state index in [-0.39, 0.29) is 16.6 Å². The van der Waals surface area contributed by atoms with Gasteiger partial charge < -0.3 is 10.2 Å². The molecule has 0 saturated carbocycles. The SMILES string of the molecule is CN(C)CCNC(=O)c1cc2c(s1)-c1ccc(Cl)cc1S(=O)(=O)C2. The summed E-state index contributed by atoms with van der Waals surface area (Å²) in [7, 11) is 0.432. The molecule has 0 aliphatic carbocycles. The second kappa shape index (κ2) is 6.48. The van der Waals surface area contributed by atoms with Crippen LogP contribution in [0.3, 0.4) is 0 Å². The van der Waals surface area contributed by atoms with E-state index < -0.39 is 9.84 Å². The highest BCUT2D eigenvalue weighted by atomic mass is 35.5. The van der Waals surface area contributed by atoms with Crippen LogP contribution >= 0.6 is 22.9 Å². The highest BCUT2D eigenvalue weighted by Gasteiger charge is 2.31. The Bertz CT molecular complexity index is 904. The van der Waals surface area contributed by atoms with Gasteiger partial charge in [0.1, 0.15) is 0 Å². The van der Waals surface area contributed by atoms with Crippen LogP contribution in [-0.2, 0) is 15.6 Å². The third kappa shape index (κ3) is 3.35. The fraction of sp³-hybridized carbons (Fsp3) is 0.312. The van der Waals surface area contributed by atoms with Gasteiger partial charge in [-0.2, -0.15) is 0 Å². The largest absolute Gasteiger partial charge is 0.350 e. The number of likely N-dealkylation sites (N-methyl/N-ethyl adjacent to an activating group) is 1. The van der Waals surface area contributed by atoms with Crippen LogP contribution in [0.2, 0.25) is 5.02 Å². The maximum absolute atomic E-state index is 12.5. The average molecular weight is 385 g/mol. The minimum atomic E-state index is -3.43. The summed E-state index contributed by atoms with van der Waals surface area (Å²) in [5, 5.41) is 3.24. The van der Waals surface area contributed by atoms with E-state index in [4.69, 9.17) is 11.6 Å². The van der Waals surface area contributed by atoms with E-state index >= 15 is 0 Å². The van der Waals surface area contributed by atoms with E-state index in [9.17, 15) is 13.2 Å². The number of carbonyl (C=O) groups excluding carboxylic acids is 1. The number of carbonyl (C=O) groups is 1. The zero-order valence-corrected chi connectivity index (χ0v) is 15.7. The van der Waals surface area contributed by atoms with Gasteiger partial charge in [0, 0.05) is 28.6 Å². The average Bonchev–Trinajstić information content (AvgIpc) is 2.90. The molecule has 1 aliphatic heterocycles. The van der Waals surface area contributed by atoms with Gasteiger partial charge >= 0.3 is 0 Å². The first kappa shape index (κ1) is 17.4. The summed E-state index contributed by atoms with van der Waals surface area (Å²) in [6, 6.07) is 6.53. The summed E-state index contributed by atoms with van der Waals surface area (Å²) in [5.41, 5.74) is 1.30. The lowest BCUT2D eigenvalue weighted by Crippen LogP contribution is -2.30. The van der Waals surface area contributed by atoms with Gasteiger partial charge in [-0.05, 0) is 37.9 Å². The van der Waals surface area contributed by atoms with Gasteiger partial charge in [0.2, 0.25) is 0 Å². The molecule has 0 atom stereocenters. The van der Waals surface area contributed by atoms with Crippen LogP contribution in [0.1, 0.15) is 15.2 Å². The predicted molar refractivity (Wildman–Crippen MR) is 96.5 cm³/mol. The molecule has 128 valence electrons. The van der Waals surface area contributed by atoms with E-state index in [1.54, 1.807) is 18.2 Å². The van der Waals surface area contributed by atoms with Crippen LogP contribution in [-0.4, -0.2) is 46.4 Å². The Kier molecular flexibility index (Phi) is 4.70. The molecule has 0 unspecified atom stereocenters. The number of thiophene rings is 1. The number of amides is 1. The van der Waals surface area contributed by atoms with Gasteiger partial charge in [-0.15, -0.1) is 11.3 Å². The fourth-order valence-corrected chi connectivity index (χ4v) is 5.71. The standard InChI is InChI=1S/C16H17ClN2O3S2/c1-19(2)6-5-18-16(20)13-7-10-9-24(21,22)14-8-11(17)3-4-12(14)15(10)23-13/h3-4,7-8H,5-6,9H2,1-2H3,(H,18,20). The van der Waals surface area contributed by atoms with Crippen molar-refractivity contribution in [2.45, 2.75) is 10.6 Å². The molecular weight excluding hydrogens is 368 g/mol. The van der Waals surface area contributed by atoms with Crippen molar-refractivity contribution >= 4 is 38.7 Å². The topological polar surface area (TPSA) is 66.5 Å². The molecule has 1 N–H and O–H groups in total. The molecule has 0 radical (unpaired) electrons. The molecule has 0 fully saturated rings. The van der Waals surface area contributed by atoms with E-state index in [0.717, 1.165) is 11.4 Å². The van der Waals surface area contributed by atoms with Crippen molar-refractivity contribution in [3.63, 3.8) is 0 Å². The number of hydrogen-bond acceptors (Lipinski definition) is 5. The molecular formula is C16H17ClN2O3S2. The summed E-state index contributed by atoms with van der Waals surface area (Å²) < 4.78 is 24.9. The van der Waals surface area contributed by atoms with Crippen LogP contribution in [0.15, 0.2) is 29.2 Å². The summed E-state index contributed by atoms with van der Waals surface area (Å²) in [4.78, 5) is 15.9. The molecule has 5 nitrogen and oxygen atoms in total. The van der Waals surface area contributed by atoms with Crippen molar-refractivity contribution in [1.82, 2.24) is 10.2 Å². The third-order valence-corrected chi connectivity index (χ3v) is 6.89. The van der Waals surface area contributed by atoms with Crippen LogP contribution in [0.5, 0.6) is 0 Å². The molecule has 1 aromatic carbocycles. The van der Waals surface area contributed by atoms with Crippen LogP contribution < -0.4 is 5.32 Å². The Labute approximate surface area is 150 Å². The van der Waals surface area contributed by atoms with E-state index in [2.05, 4.69) is 5.32 Å². The predicted octanol–water partition coefficient (Wildman–Crippen LogP) is 2.65. The Morgan fingerprint density at radius 3 is 2.79 bits per heavy atom. The quantitative estimate of drug-likeness (QED) is 0.880. The molecule has 2 aromatic rings. The minimum absolute atomic E-state index is 0.100. The minimum Gasteiger partial charge on any atom is -0.350 e. The second-order valence-corrected chi connectivity index (χ2v) is 9.37. The van der Waals surface area contributed by atoms with E-state index in [1.807, 2.05) is 19.0 Å². The zero-order valence-electron chi connectivity index (χ0n) is 13.3. The molecule has 1 aromatic heterocycles. The molecule has 0 spiro atoms. The highest BCUT2D eigenvalue weighted by molar-refractivity contribution is 7.91. The lowest BCUT2D eigenvalue weighted by atomic mass is 10.1. The van der Waals surface area contributed by atoms with E-state index in [0.29, 0.717) is 27.6 Å². The highest BCUT2D eigenvalue weighted by Crippen LogP contribution is 2.43. The zero-order chi connectivity index (χ0) is 17.5. The molecule has 3 rings (SSSR count). The molecule has 2 heterocycles. The van der Waals surface area contributed by atoms with Crippen molar-refractivity contribution in [2.24, 2.45) is 0 Å². The fourth-order valence-electron chi connectivity index (χ4n) is 2.58. The number of hydrogen-bond donors (Lipinski definition) is 1. The Hall–Kier alpha value is -1.41. The van der Waals surface area contributed by atoms with Crippen molar-refractivity contribution in [1.29, 1.82) is 0 Å². The van der Waals surface area contributed by atoms with Crippen molar-refractivity contribution in [3.8, 4) is 10.4 Å².